The molecule has 0 radical (unpaired) electrons. The molecule has 0 heterocycles. The molecule has 0 aliphatic heterocycles. The molecule has 3 atom stereocenters. The Labute approximate surface area is 62.6 Å². The molecule has 0 spiro atoms. The van der Waals surface area contributed by atoms with Gasteiger partial charge in [-0.05, 0) is 31.7 Å². The van der Waals surface area contributed by atoms with Gasteiger partial charge in [0, 0.05) is 6.04 Å². The monoisotopic (exact) mass is 143 g/mol. The van der Waals surface area contributed by atoms with Gasteiger partial charge in [0.1, 0.15) is 0 Å². The summed E-state index contributed by atoms with van der Waals surface area (Å²) in [6, 6.07) is 0.271. The number of rotatable bonds is 4. The van der Waals surface area contributed by atoms with Crippen molar-refractivity contribution in [2.45, 2.75) is 26.3 Å². The molecule has 1 rings (SSSR count). The molecular weight excluding hydrogens is 126 g/mol. The van der Waals surface area contributed by atoms with Crippen LogP contribution in [0, 0.1) is 11.8 Å². The summed E-state index contributed by atoms with van der Waals surface area (Å²) < 4.78 is 0. The van der Waals surface area contributed by atoms with E-state index < -0.39 is 0 Å². The quantitative estimate of drug-likeness (QED) is 0.604. The number of nitrogens with one attached hydrogen (secondary N) is 1. The third-order valence-corrected chi connectivity index (χ3v) is 2.28. The molecule has 0 bridgehead atoms. The molecule has 1 fully saturated rings. The average molecular weight is 143 g/mol. The van der Waals surface area contributed by atoms with Gasteiger partial charge in [-0.15, -0.1) is 0 Å². The largest absolute Gasteiger partial charge is 0.395 e. The maximum Gasteiger partial charge on any atom is 0.0581 e. The van der Waals surface area contributed by atoms with E-state index in [0.717, 1.165) is 18.4 Å². The van der Waals surface area contributed by atoms with Gasteiger partial charge in [0.15, 0.2) is 0 Å². The zero-order valence-corrected chi connectivity index (χ0v) is 6.80. The highest BCUT2D eigenvalue weighted by atomic mass is 16.3. The van der Waals surface area contributed by atoms with Gasteiger partial charge in [-0.2, -0.15) is 0 Å². The fraction of sp³-hybridized carbons (Fsp3) is 1.00. The molecule has 60 valence electrons. The van der Waals surface area contributed by atoms with Crippen LogP contribution in [0.15, 0.2) is 0 Å². The normalized spacial score (nSPS) is 33.9. The fourth-order valence-electron chi connectivity index (χ4n) is 1.10. The molecular formula is C8H17NO. The smallest absolute Gasteiger partial charge is 0.0581 e. The maximum absolute atomic E-state index is 8.67. The predicted molar refractivity (Wildman–Crippen MR) is 41.8 cm³/mol. The Kier molecular flexibility index (Phi) is 2.69. The van der Waals surface area contributed by atoms with E-state index in [1.54, 1.807) is 0 Å². The van der Waals surface area contributed by atoms with Crippen LogP contribution in [0.4, 0.5) is 0 Å². The van der Waals surface area contributed by atoms with Crippen molar-refractivity contribution in [3.63, 3.8) is 0 Å². The van der Waals surface area contributed by atoms with Gasteiger partial charge in [-0.1, -0.05) is 6.92 Å². The SMILES string of the molecule is CC1CC1CN[C@H](C)CO. The highest BCUT2D eigenvalue weighted by molar-refractivity contribution is 4.84. The Morgan fingerprint density at radius 2 is 2.30 bits per heavy atom. The topological polar surface area (TPSA) is 32.3 Å². The second kappa shape index (κ2) is 3.35. The van der Waals surface area contributed by atoms with Crippen molar-refractivity contribution in [2.24, 2.45) is 11.8 Å². The van der Waals surface area contributed by atoms with E-state index in [4.69, 9.17) is 5.11 Å². The highest BCUT2D eigenvalue weighted by Gasteiger charge is 2.31. The summed E-state index contributed by atoms with van der Waals surface area (Å²) in [4.78, 5) is 0. The second-order valence-electron chi connectivity index (χ2n) is 3.46. The first-order chi connectivity index (χ1) is 4.74. The van der Waals surface area contributed by atoms with Crippen LogP contribution in [0.3, 0.4) is 0 Å². The first-order valence-electron chi connectivity index (χ1n) is 4.08. The van der Waals surface area contributed by atoms with E-state index in [0.29, 0.717) is 0 Å². The molecule has 1 saturated carbocycles. The highest BCUT2D eigenvalue weighted by Crippen LogP contribution is 2.36. The number of hydrogen-bond donors (Lipinski definition) is 2. The molecule has 2 heteroatoms. The van der Waals surface area contributed by atoms with E-state index in [9.17, 15) is 0 Å². The van der Waals surface area contributed by atoms with Crippen LogP contribution in [0.5, 0.6) is 0 Å². The zero-order chi connectivity index (χ0) is 7.56. The first kappa shape index (κ1) is 8.02. The molecule has 0 aromatic heterocycles. The third-order valence-electron chi connectivity index (χ3n) is 2.28. The molecule has 2 nitrogen and oxygen atoms in total. The number of hydrogen-bond acceptors (Lipinski definition) is 2. The summed E-state index contributed by atoms with van der Waals surface area (Å²) in [5.41, 5.74) is 0. The number of aliphatic hydroxyl groups is 1. The summed E-state index contributed by atoms with van der Waals surface area (Å²) in [6.45, 7) is 5.62. The Morgan fingerprint density at radius 3 is 2.70 bits per heavy atom. The van der Waals surface area contributed by atoms with Crippen molar-refractivity contribution in [3.8, 4) is 0 Å². The van der Waals surface area contributed by atoms with Crippen molar-refractivity contribution >= 4 is 0 Å². The molecule has 1 aliphatic carbocycles. The molecule has 10 heavy (non-hydrogen) atoms. The minimum absolute atomic E-state index is 0.251. The van der Waals surface area contributed by atoms with Crippen LogP contribution in [-0.2, 0) is 0 Å². The predicted octanol–water partition coefficient (Wildman–Crippen LogP) is 0.613. The molecule has 2 unspecified atom stereocenters. The van der Waals surface area contributed by atoms with Crippen molar-refractivity contribution in [1.82, 2.24) is 5.32 Å². The molecule has 0 amide bonds. The summed E-state index contributed by atoms with van der Waals surface area (Å²) in [5, 5.41) is 11.9. The van der Waals surface area contributed by atoms with Gasteiger partial charge in [-0.3, -0.25) is 0 Å². The lowest BCUT2D eigenvalue weighted by Crippen LogP contribution is -2.31. The van der Waals surface area contributed by atoms with Crippen molar-refractivity contribution in [2.75, 3.05) is 13.2 Å². The lowest BCUT2D eigenvalue weighted by atomic mass is 10.3. The van der Waals surface area contributed by atoms with Crippen LogP contribution in [-0.4, -0.2) is 24.3 Å². The Hall–Kier alpha value is -0.0800. The summed E-state index contributed by atoms with van der Waals surface area (Å²) in [6.07, 6.45) is 1.37. The lowest BCUT2D eigenvalue weighted by Gasteiger charge is -2.08. The zero-order valence-electron chi connectivity index (χ0n) is 6.80. The fourth-order valence-corrected chi connectivity index (χ4v) is 1.10. The van der Waals surface area contributed by atoms with Crippen molar-refractivity contribution < 1.29 is 5.11 Å². The minimum Gasteiger partial charge on any atom is -0.395 e. The first-order valence-corrected chi connectivity index (χ1v) is 4.08. The van der Waals surface area contributed by atoms with E-state index in [2.05, 4.69) is 12.2 Å². The lowest BCUT2D eigenvalue weighted by molar-refractivity contribution is 0.250. The van der Waals surface area contributed by atoms with Crippen molar-refractivity contribution in [1.29, 1.82) is 0 Å². The van der Waals surface area contributed by atoms with Gasteiger partial charge >= 0.3 is 0 Å². The molecule has 0 aromatic carbocycles. The molecule has 0 saturated heterocycles. The number of aliphatic hydroxyl groups excluding tert-OH is 1. The van der Waals surface area contributed by atoms with Gasteiger partial charge in [-0.25, -0.2) is 0 Å². The summed E-state index contributed by atoms with van der Waals surface area (Å²) >= 11 is 0. The standard InChI is InChI=1S/C8H17NO/c1-6-3-8(6)4-9-7(2)5-10/h6-10H,3-5H2,1-2H3/t6?,7-,8?/m1/s1. The Morgan fingerprint density at radius 1 is 1.70 bits per heavy atom. The maximum atomic E-state index is 8.67. The minimum atomic E-state index is 0.251. The third kappa shape index (κ3) is 2.27. The molecule has 1 aliphatic rings. The average Bonchev–Trinajstić information content (AvgIpc) is 2.61. The summed E-state index contributed by atoms with van der Waals surface area (Å²) in [5.74, 6) is 1.80. The Balaban J connectivity index is 1.95. The van der Waals surface area contributed by atoms with Crippen LogP contribution in [0.2, 0.25) is 0 Å². The molecule has 2 N–H and O–H groups in total. The Bertz CT molecular complexity index is 101. The second-order valence-corrected chi connectivity index (χ2v) is 3.46. The summed E-state index contributed by atoms with van der Waals surface area (Å²) in [7, 11) is 0. The molecule has 0 aromatic rings. The van der Waals surface area contributed by atoms with Crippen LogP contribution < -0.4 is 5.32 Å². The van der Waals surface area contributed by atoms with E-state index >= 15 is 0 Å². The van der Waals surface area contributed by atoms with Crippen molar-refractivity contribution in [3.05, 3.63) is 0 Å². The van der Waals surface area contributed by atoms with Crippen LogP contribution in [0.1, 0.15) is 20.3 Å². The van der Waals surface area contributed by atoms with Gasteiger partial charge in [0.25, 0.3) is 0 Å². The van der Waals surface area contributed by atoms with Crippen LogP contribution in [0.25, 0.3) is 0 Å². The van der Waals surface area contributed by atoms with Gasteiger partial charge in [0.05, 0.1) is 6.61 Å². The van der Waals surface area contributed by atoms with Crippen LogP contribution >= 0.6 is 0 Å². The van der Waals surface area contributed by atoms with E-state index in [1.165, 1.54) is 6.42 Å². The van der Waals surface area contributed by atoms with Gasteiger partial charge in [0.2, 0.25) is 0 Å². The van der Waals surface area contributed by atoms with E-state index in [1.807, 2.05) is 6.92 Å². The van der Waals surface area contributed by atoms with E-state index in [-0.39, 0.29) is 12.6 Å². The van der Waals surface area contributed by atoms with Gasteiger partial charge < -0.3 is 10.4 Å².